The molecule has 0 radical (unpaired) electrons. The Bertz CT molecular complexity index is 775. The Morgan fingerprint density at radius 2 is 1.64 bits per heavy atom. The summed E-state index contributed by atoms with van der Waals surface area (Å²) in [6, 6.07) is 11.2. The highest BCUT2D eigenvalue weighted by molar-refractivity contribution is 6.08. The lowest BCUT2D eigenvalue weighted by atomic mass is 10.0. The Morgan fingerprint density at radius 1 is 1.00 bits per heavy atom. The molecule has 132 valence electrons. The van der Waals surface area contributed by atoms with Gasteiger partial charge in [-0.05, 0) is 44.0 Å². The van der Waals surface area contributed by atoms with E-state index >= 15 is 0 Å². The lowest BCUT2D eigenvalue weighted by Gasteiger charge is -2.27. The number of amides is 1. The highest BCUT2D eigenvalue weighted by Gasteiger charge is 2.24. The molecule has 0 spiro atoms. The summed E-state index contributed by atoms with van der Waals surface area (Å²) in [7, 11) is 2.84. The van der Waals surface area contributed by atoms with Crippen LogP contribution in [-0.2, 0) is 14.3 Å². The third-order valence-corrected chi connectivity index (χ3v) is 3.94. The molecule has 0 unspecified atom stereocenters. The second-order valence-corrected chi connectivity index (χ2v) is 5.93. The van der Waals surface area contributed by atoms with Crippen molar-refractivity contribution in [3.63, 3.8) is 0 Å². The van der Waals surface area contributed by atoms with Gasteiger partial charge in [-0.15, -0.1) is 0 Å². The molecule has 0 aliphatic carbocycles. The zero-order valence-corrected chi connectivity index (χ0v) is 15.3. The van der Waals surface area contributed by atoms with Crippen LogP contribution in [0.4, 0.5) is 11.4 Å². The molecule has 2 aromatic rings. The average Bonchev–Trinajstić information content (AvgIpc) is 2.57. The molecular weight excluding hydrogens is 318 g/mol. The topological polar surface area (TPSA) is 55.8 Å². The second-order valence-electron chi connectivity index (χ2n) is 5.93. The number of ether oxygens (including phenoxy) is 2. The van der Waals surface area contributed by atoms with Crippen LogP contribution in [0.5, 0.6) is 5.75 Å². The van der Waals surface area contributed by atoms with E-state index in [1.807, 2.05) is 45.0 Å². The molecule has 0 atom stereocenters. The number of anilines is 2. The van der Waals surface area contributed by atoms with Gasteiger partial charge in [0, 0.05) is 6.07 Å². The molecule has 0 saturated heterocycles. The number of nitrogens with zero attached hydrogens (tertiary/aromatic N) is 1. The predicted molar refractivity (Wildman–Crippen MR) is 97.4 cm³/mol. The van der Waals surface area contributed by atoms with Gasteiger partial charge in [0.05, 0.1) is 25.6 Å². The fourth-order valence-electron chi connectivity index (χ4n) is 2.95. The number of hydrogen-bond donors (Lipinski definition) is 0. The largest absolute Gasteiger partial charge is 0.497 e. The van der Waals surface area contributed by atoms with Crippen LogP contribution in [0.1, 0.15) is 23.1 Å². The van der Waals surface area contributed by atoms with Gasteiger partial charge in [0.2, 0.25) is 5.91 Å². The van der Waals surface area contributed by atoms with Crippen LogP contribution >= 0.6 is 0 Å². The van der Waals surface area contributed by atoms with Gasteiger partial charge in [-0.3, -0.25) is 14.5 Å². The van der Waals surface area contributed by atoms with E-state index in [1.54, 1.807) is 24.1 Å². The smallest absolute Gasteiger partial charge is 0.315 e. The molecule has 0 bridgehead atoms. The number of aryl methyl sites for hydroxylation is 3. The maximum absolute atomic E-state index is 12.9. The van der Waals surface area contributed by atoms with E-state index in [0.717, 1.165) is 22.4 Å². The fourth-order valence-corrected chi connectivity index (χ4v) is 2.95. The summed E-state index contributed by atoms with van der Waals surface area (Å²) in [4.78, 5) is 26.1. The van der Waals surface area contributed by atoms with Gasteiger partial charge in [-0.1, -0.05) is 23.8 Å². The molecule has 0 fully saturated rings. The molecule has 0 saturated carbocycles. The van der Waals surface area contributed by atoms with E-state index in [0.29, 0.717) is 11.4 Å². The van der Waals surface area contributed by atoms with Gasteiger partial charge in [0.1, 0.15) is 12.2 Å². The summed E-state index contributed by atoms with van der Waals surface area (Å²) in [5, 5.41) is 0. The standard InChI is InChI=1S/C20H23NO4/c1-13-9-14(2)20(15(3)10-13)21(18(22)12-19(23)25-5)16-7-6-8-17(11-16)24-4/h6-11H,12H2,1-5H3. The van der Waals surface area contributed by atoms with Crippen LogP contribution in [0.25, 0.3) is 0 Å². The van der Waals surface area contributed by atoms with Crippen molar-refractivity contribution in [1.29, 1.82) is 0 Å². The number of hydrogen-bond acceptors (Lipinski definition) is 4. The zero-order chi connectivity index (χ0) is 18.6. The number of methoxy groups -OCH3 is 2. The summed E-state index contributed by atoms with van der Waals surface area (Å²) >= 11 is 0. The Balaban J connectivity index is 2.60. The van der Waals surface area contributed by atoms with Gasteiger partial charge in [-0.25, -0.2) is 0 Å². The number of carbonyl (C=O) groups excluding carboxylic acids is 2. The van der Waals surface area contributed by atoms with E-state index < -0.39 is 5.97 Å². The first kappa shape index (κ1) is 18.5. The summed E-state index contributed by atoms with van der Waals surface area (Å²) in [5.41, 5.74) is 4.44. The van der Waals surface area contributed by atoms with Crippen molar-refractivity contribution < 1.29 is 19.1 Å². The van der Waals surface area contributed by atoms with Crippen molar-refractivity contribution in [3.05, 3.63) is 53.1 Å². The van der Waals surface area contributed by atoms with Gasteiger partial charge in [-0.2, -0.15) is 0 Å². The summed E-state index contributed by atoms with van der Waals surface area (Å²) in [6.07, 6.45) is -0.333. The van der Waals surface area contributed by atoms with Gasteiger partial charge >= 0.3 is 5.97 Å². The average molecular weight is 341 g/mol. The van der Waals surface area contributed by atoms with E-state index in [1.165, 1.54) is 7.11 Å². The molecule has 0 heterocycles. The number of benzene rings is 2. The Morgan fingerprint density at radius 3 is 2.20 bits per heavy atom. The second kappa shape index (κ2) is 7.83. The van der Waals surface area contributed by atoms with Crippen molar-refractivity contribution in [2.45, 2.75) is 27.2 Å². The predicted octanol–water partition coefficient (Wildman–Crippen LogP) is 3.85. The minimum Gasteiger partial charge on any atom is -0.497 e. The van der Waals surface area contributed by atoms with Crippen LogP contribution < -0.4 is 9.64 Å². The molecule has 2 rings (SSSR count). The maximum atomic E-state index is 12.9. The SMILES string of the molecule is COC(=O)CC(=O)N(c1cccc(OC)c1)c1c(C)cc(C)cc1C. The van der Waals surface area contributed by atoms with E-state index in [-0.39, 0.29) is 12.3 Å². The van der Waals surface area contributed by atoms with Crippen molar-refractivity contribution >= 4 is 23.3 Å². The summed E-state index contributed by atoms with van der Waals surface area (Å²) in [5.74, 6) is -0.286. The van der Waals surface area contributed by atoms with Crippen molar-refractivity contribution in [1.82, 2.24) is 0 Å². The molecule has 25 heavy (non-hydrogen) atoms. The van der Waals surface area contributed by atoms with E-state index in [4.69, 9.17) is 4.74 Å². The van der Waals surface area contributed by atoms with Crippen molar-refractivity contribution in [2.75, 3.05) is 19.1 Å². The minimum atomic E-state index is -0.569. The van der Waals surface area contributed by atoms with Crippen LogP contribution in [0.3, 0.4) is 0 Å². The molecule has 1 amide bonds. The monoisotopic (exact) mass is 341 g/mol. The van der Waals surface area contributed by atoms with E-state index in [2.05, 4.69) is 4.74 Å². The lowest BCUT2D eigenvalue weighted by molar-refractivity contribution is -0.143. The highest BCUT2D eigenvalue weighted by Crippen LogP contribution is 2.34. The number of carbonyl (C=O) groups is 2. The van der Waals surface area contributed by atoms with Crippen molar-refractivity contribution in [2.24, 2.45) is 0 Å². The Labute approximate surface area is 148 Å². The number of esters is 1. The zero-order valence-electron chi connectivity index (χ0n) is 15.3. The lowest BCUT2D eigenvalue weighted by Crippen LogP contribution is -2.29. The minimum absolute atomic E-state index is 0.333. The first-order valence-electron chi connectivity index (χ1n) is 7.99. The fraction of sp³-hybridized carbons (Fsp3) is 0.300. The maximum Gasteiger partial charge on any atom is 0.315 e. The van der Waals surface area contributed by atoms with Gasteiger partial charge in [0.25, 0.3) is 0 Å². The molecule has 0 aliphatic rings. The third-order valence-electron chi connectivity index (χ3n) is 3.94. The van der Waals surface area contributed by atoms with Crippen LogP contribution in [-0.4, -0.2) is 26.1 Å². The molecule has 5 heteroatoms. The molecule has 2 aromatic carbocycles. The molecule has 0 aromatic heterocycles. The Hall–Kier alpha value is -2.82. The summed E-state index contributed by atoms with van der Waals surface area (Å²) in [6.45, 7) is 5.91. The van der Waals surface area contributed by atoms with Crippen molar-refractivity contribution in [3.8, 4) is 5.75 Å². The van der Waals surface area contributed by atoms with E-state index in [9.17, 15) is 9.59 Å². The number of rotatable bonds is 5. The third kappa shape index (κ3) is 4.18. The van der Waals surface area contributed by atoms with Gasteiger partial charge in [0.15, 0.2) is 0 Å². The molecule has 0 aliphatic heterocycles. The van der Waals surface area contributed by atoms with Gasteiger partial charge < -0.3 is 9.47 Å². The first-order valence-corrected chi connectivity index (χ1v) is 7.99. The molecule has 5 nitrogen and oxygen atoms in total. The van der Waals surface area contributed by atoms with Crippen LogP contribution in [0.15, 0.2) is 36.4 Å². The van der Waals surface area contributed by atoms with Crippen LogP contribution in [0, 0.1) is 20.8 Å². The summed E-state index contributed by atoms with van der Waals surface area (Å²) < 4.78 is 9.93. The Kier molecular flexibility index (Phi) is 5.80. The van der Waals surface area contributed by atoms with Crippen LogP contribution in [0.2, 0.25) is 0 Å². The first-order chi connectivity index (χ1) is 11.9. The quantitative estimate of drug-likeness (QED) is 0.612. The molecule has 0 N–H and O–H groups in total. The molecular formula is C20H23NO4. The normalized spacial score (nSPS) is 10.3. The highest BCUT2D eigenvalue weighted by atomic mass is 16.5.